The minimum atomic E-state index is 0.0845. The van der Waals surface area contributed by atoms with Gasteiger partial charge in [0.15, 0.2) is 0 Å². The lowest BCUT2D eigenvalue weighted by Gasteiger charge is -2.15. The van der Waals surface area contributed by atoms with E-state index >= 15 is 0 Å². The Hall–Kier alpha value is -1.35. The predicted octanol–water partition coefficient (Wildman–Crippen LogP) is 2.35. The molecular weight excluding hydrogens is 200 g/mol. The predicted molar refractivity (Wildman–Crippen MR) is 66.7 cm³/mol. The van der Waals surface area contributed by atoms with Crippen LogP contribution in [0, 0.1) is 5.41 Å². The van der Waals surface area contributed by atoms with Gasteiger partial charge < -0.3 is 10.5 Å². The van der Waals surface area contributed by atoms with Gasteiger partial charge in [-0.1, -0.05) is 37.3 Å². The third-order valence-corrected chi connectivity index (χ3v) is 2.49. The second kappa shape index (κ2) is 7.01. The van der Waals surface area contributed by atoms with E-state index in [9.17, 15) is 0 Å². The highest BCUT2D eigenvalue weighted by molar-refractivity contribution is 5.77. The Morgan fingerprint density at radius 2 is 2.06 bits per heavy atom. The van der Waals surface area contributed by atoms with Crippen molar-refractivity contribution >= 4 is 5.84 Å². The standard InChI is InChI=1S/C13H20N2O/c1-2-12(10-13(14)15)16-9-8-11-6-4-3-5-7-11/h3-7,12H,2,8-10H2,1H3,(H3,14,15). The highest BCUT2D eigenvalue weighted by Crippen LogP contribution is 2.05. The molecule has 16 heavy (non-hydrogen) atoms. The second-order valence-corrected chi connectivity index (χ2v) is 3.87. The Balaban J connectivity index is 2.26. The lowest BCUT2D eigenvalue weighted by molar-refractivity contribution is 0.0576. The average Bonchev–Trinajstić information content (AvgIpc) is 2.28. The summed E-state index contributed by atoms with van der Waals surface area (Å²) in [7, 11) is 0. The number of rotatable bonds is 7. The van der Waals surface area contributed by atoms with Crippen molar-refractivity contribution in [1.82, 2.24) is 0 Å². The van der Waals surface area contributed by atoms with E-state index in [1.165, 1.54) is 5.56 Å². The van der Waals surface area contributed by atoms with Crippen molar-refractivity contribution in [3.8, 4) is 0 Å². The first-order valence-corrected chi connectivity index (χ1v) is 5.70. The quantitative estimate of drug-likeness (QED) is 0.547. The molecule has 0 bridgehead atoms. The normalized spacial score (nSPS) is 12.3. The highest BCUT2D eigenvalue weighted by atomic mass is 16.5. The van der Waals surface area contributed by atoms with Gasteiger partial charge in [-0.2, -0.15) is 0 Å². The maximum atomic E-state index is 7.23. The van der Waals surface area contributed by atoms with E-state index in [4.69, 9.17) is 15.9 Å². The van der Waals surface area contributed by atoms with E-state index in [0.717, 1.165) is 12.8 Å². The van der Waals surface area contributed by atoms with E-state index < -0.39 is 0 Å². The Morgan fingerprint density at radius 3 is 2.62 bits per heavy atom. The summed E-state index contributed by atoms with van der Waals surface area (Å²) < 4.78 is 5.69. The Kier molecular flexibility index (Phi) is 5.57. The first-order chi connectivity index (χ1) is 7.72. The third-order valence-electron chi connectivity index (χ3n) is 2.49. The summed E-state index contributed by atoms with van der Waals surface area (Å²) in [5.74, 6) is 0.201. The van der Waals surface area contributed by atoms with Crippen LogP contribution >= 0.6 is 0 Å². The van der Waals surface area contributed by atoms with Gasteiger partial charge in [-0.05, 0) is 18.4 Å². The maximum Gasteiger partial charge on any atom is 0.0931 e. The van der Waals surface area contributed by atoms with Gasteiger partial charge in [-0.3, -0.25) is 5.41 Å². The van der Waals surface area contributed by atoms with Crippen molar-refractivity contribution < 1.29 is 4.74 Å². The van der Waals surface area contributed by atoms with Gasteiger partial charge in [0.05, 0.1) is 18.5 Å². The fraction of sp³-hybridized carbons (Fsp3) is 0.462. The summed E-state index contributed by atoms with van der Waals surface area (Å²) in [6, 6.07) is 10.3. The van der Waals surface area contributed by atoms with Gasteiger partial charge >= 0.3 is 0 Å². The second-order valence-electron chi connectivity index (χ2n) is 3.87. The van der Waals surface area contributed by atoms with E-state index in [-0.39, 0.29) is 11.9 Å². The molecule has 0 aliphatic carbocycles. The topological polar surface area (TPSA) is 59.1 Å². The van der Waals surface area contributed by atoms with E-state index in [2.05, 4.69) is 19.1 Å². The molecule has 88 valence electrons. The van der Waals surface area contributed by atoms with Gasteiger partial charge in [-0.15, -0.1) is 0 Å². The molecular formula is C13H20N2O. The van der Waals surface area contributed by atoms with Crippen molar-refractivity contribution in [3.63, 3.8) is 0 Å². The summed E-state index contributed by atoms with van der Waals surface area (Å²) >= 11 is 0. The molecule has 0 aliphatic rings. The first kappa shape index (κ1) is 12.7. The third kappa shape index (κ3) is 4.94. The molecule has 1 aromatic rings. The molecule has 0 amide bonds. The number of ether oxygens (including phenoxy) is 1. The first-order valence-electron chi connectivity index (χ1n) is 5.70. The zero-order chi connectivity index (χ0) is 11.8. The van der Waals surface area contributed by atoms with Crippen LogP contribution in [0.25, 0.3) is 0 Å². The molecule has 1 rings (SSSR count). The molecule has 0 heterocycles. The molecule has 1 unspecified atom stereocenters. The summed E-state index contributed by atoms with van der Waals surface area (Å²) in [6.45, 7) is 2.74. The van der Waals surface area contributed by atoms with Gasteiger partial charge in [0.25, 0.3) is 0 Å². The molecule has 3 heteroatoms. The molecule has 0 aromatic heterocycles. The summed E-state index contributed by atoms with van der Waals surface area (Å²) in [5.41, 5.74) is 6.63. The average molecular weight is 220 g/mol. The largest absolute Gasteiger partial charge is 0.388 e. The van der Waals surface area contributed by atoms with Crippen molar-refractivity contribution in [2.75, 3.05) is 6.61 Å². The summed E-state index contributed by atoms with van der Waals surface area (Å²) in [6.07, 6.45) is 2.43. The highest BCUT2D eigenvalue weighted by Gasteiger charge is 2.07. The Bertz CT molecular complexity index is 311. The number of amidine groups is 1. The van der Waals surface area contributed by atoms with Crippen LogP contribution in [0.4, 0.5) is 0 Å². The zero-order valence-corrected chi connectivity index (χ0v) is 9.78. The van der Waals surface area contributed by atoms with Crippen molar-refractivity contribution in [1.29, 1.82) is 5.41 Å². The monoisotopic (exact) mass is 220 g/mol. The summed E-state index contributed by atoms with van der Waals surface area (Å²) in [5, 5.41) is 7.23. The van der Waals surface area contributed by atoms with Crippen LogP contribution in [0.15, 0.2) is 30.3 Å². The SMILES string of the molecule is CCC(CC(=N)N)OCCc1ccccc1. The van der Waals surface area contributed by atoms with Gasteiger partial charge in [0, 0.05) is 6.42 Å². The van der Waals surface area contributed by atoms with Crippen molar-refractivity contribution in [3.05, 3.63) is 35.9 Å². The smallest absolute Gasteiger partial charge is 0.0931 e. The molecule has 0 aliphatic heterocycles. The Labute approximate surface area is 97.1 Å². The van der Waals surface area contributed by atoms with Gasteiger partial charge in [0.2, 0.25) is 0 Å². The van der Waals surface area contributed by atoms with E-state index in [0.29, 0.717) is 13.0 Å². The molecule has 3 N–H and O–H groups in total. The van der Waals surface area contributed by atoms with E-state index in [1.54, 1.807) is 0 Å². The number of hydrogen-bond donors (Lipinski definition) is 2. The molecule has 1 aromatic carbocycles. The molecule has 0 fully saturated rings. The number of hydrogen-bond acceptors (Lipinski definition) is 2. The molecule has 3 nitrogen and oxygen atoms in total. The fourth-order valence-corrected chi connectivity index (χ4v) is 1.55. The Morgan fingerprint density at radius 1 is 1.38 bits per heavy atom. The number of nitrogens with two attached hydrogens (primary N) is 1. The lowest BCUT2D eigenvalue weighted by Crippen LogP contribution is -2.22. The molecule has 1 atom stereocenters. The van der Waals surface area contributed by atoms with Crippen LogP contribution in [-0.4, -0.2) is 18.5 Å². The van der Waals surface area contributed by atoms with Crippen LogP contribution in [0.2, 0.25) is 0 Å². The zero-order valence-electron chi connectivity index (χ0n) is 9.78. The van der Waals surface area contributed by atoms with Crippen molar-refractivity contribution in [2.45, 2.75) is 32.3 Å². The summed E-state index contributed by atoms with van der Waals surface area (Å²) in [4.78, 5) is 0. The maximum absolute atomic E-state index is 7.23. The van der Waals surface area contributed by atoms with Crippen molar-refractivity contribution in [2.24, 2.45) is 5.73 Å². The molecule has 0 saturated carbocycles. The van der Waals surface area contributed by atoms with Crippen LogP contribution in [0.3, 0.4) is 0 Å². The molecule has 0 saturated heterocycles. The molecule has 0 radical (unpaired) electrons. The van der Waals surface area contributed by atoms with Crippen LogP contribution < -0.4 is 5.73 Å². The number of benzene rings is 1. The lowest BCUT2D eigenvalue weighted by atomic mass is 10.1. The van der Waals surface area contributed by atoms with E-state index in [1.807, 2.05) is 18.2 Å². The minimum absolute atomic E-state index is 0.0845. The van der Waals surface area contributed by atoms with Crippen LogP contribution in [0.1, 0.15) is 25.3 Å². The van der Waals surface area contributed by atoms with Gasteiger partial charge in [-0.25, -0.2) is 0 Å². The minimum Gasteiger partial charge on any atom is -0.388 e. The number of nitrogens with one attached hydrogen (secondary N) is 1. The van der Waals surface area contributed by atoms with Crippen LogP contribution in [0.5, 0.6) is 0 Å². The molecule has 0 spiro atoms. The van der Waals surface area contributed by atoms with Gasteiger partial charge in [0.1, 0.15) is 0 Å². The van der Waals surface area contributed by atoms with Crippen LogP contribution in [-0.2, 0) is 11.2 Å². The fourth-order valence-electron chi connectivity index (χ4n) is 1.55.